The van der Waals surface area contributed by atoms with Gasteiger partial charge in [-0.1, -0.05) is 36.4 Å². The summed E-state index contributed by atoms with van der Waals surface area (Å²) >= 11 is 1.96. The molecule has 1 aromatic carbocycles. The smallest absolute Gasteiger partial charge is 0.193 e. The molecule has 2 aliphatic rings. The molecule has 0 aliphatic carbocycles. The summed E-state index contributed by atoms with van der Waals surface area (Å²) in [4.78, 5) is 6.87. The Labute approximate surface area is 155 Å². The second kappa shape index (κ2) is 8.77. The van der Waals surface area contributed by atoms with Crippen molar-refractivity contribution in [2.75, 3.05) is 46.2 Å². The van der Waals surface area contributed by atoms with Crippen LogP contribution in [0.1, 0.15) is 24.8 Å². The van der Waals surface area contributed by atoms with Gasteiger partial charge in [-0.05, 0) is 36.7 Å². The summed E-state index contributed by atoms with van der Waals surface area (Å²) in [6, 6.07) is 10.7. The Morgan fingerprint density at radius 2 is 2.04 bits per heavy atom. The fourth-order valence-electron chi connectivity index (χ4n) is 3.54. The van der Waals surface area contributed by atoms with Crippen LogP contribution in [0.2, 0.25) is 0 Å². The van der Waals surface area contributed by atoms with Crippen molar-refractivity contribution < 1.29 is 4.74 Å². The van der Waals surface area contributed by atoms with E-state index in [4.69, 9.17) is 4.74 Å². The Hall–Kier alpha value is -1.46. The van der Waals surface area contributed by atoms with E-state index in [0.29, 0.717) is 0 Å². The fourth-order valence-corrected chi connectivity index (χ4v) is 4.34. The van der Waals surface area contributed by atoms with Gasteiger partial charge in [-0.15, -0.1) is 0 Å². The van der Waals surface area contributed by atoms with Gasteiger partial charge in [0.05, 0.1) is 0 Å². The standard InChI is InChI=1S/C20H29N3OS/c1-21-19(22-16-20(25-2)10-14-24-15-11-20)23-12-8-18(9-13-23)17-6-4-3-5-7-17/h3-8H,9-16H2,1-2H3,(H,21,22). The highest BCUT2D eigenvalue weighted by Gasteiger charge is 2.32. The molecule has 1 aromatic rings. The Morgan fingerprint density at radius 3 is 2.64 bits per heavy atom. The minimum atomic E-state index is 0.273. The molecule has 2 heterocycles. The molecule has 0 aromatic heterocycles. The molecule has 0 spiro atoms. The maximum Gasteiger partial charge on any atom is 0.193 e. The maximum absolute atomic E-state index is 5.54. The molecule has 0 saturated carbocycles. The summed E-state index contributed by atoms with van der Waals surface area (Å²) < 4.78 is 5.81. The zero-order valence-electron chi connectivity index (χ0n) is 15.3. The van der Waals surface area contributed by atoms with E-state index in [1.807, 2.05) is 18.8 Å². The van der Waals surface area contributed by atoms with Crippen LogP contribution in [-0.2, 0) is 4.74 Å². The van der Waals surface area contributed by atoms with Crippen molar-refractivity contribution in [2.45, 2.75) is 24.0 Å². The van der Waals surface area contributed by atoms with Crippen LogP contribution >= 0.6 is 11.8 Å². The highest BCUT2D eigenvalue weighted by Crippen LogP contribution is 2.33. The molecule has 0 atom stereocenters. The number of nitrogens with one attached hydrogen (secondary N) is 1. The van der Waals surface area contributed by atoms with Crippen molar-refractivity contribution in [3.63, 3.8) is 0 Å². The number of thioether (sulfide) groups is 1. The molecule has 0 amide bonds. The maximum atomic E-state index is 5.54. The van der Waals surface area contributed by atoms with Gasteiger partial charge in [-0.2, -0.15) is 11.8 Å². The first-order chi connectivity index (χ1) is 12.3. The molecule has 25 heavy (non-hydrogen) atoms. The minimum Gasteiger partial charge on any atom is -0.381 e. The molecule has 2 aliphatic heterocycles. The monoisotopic (exact) mass is 359 g/mol. The summed E-state index contributed by atoms with van der Waals surface area (Å²) in [5.74, 6) is 1.02. The molecule has 0 unspecified atom stereocenters. The third-order valence-electron chi connectivity index (χ3n) is 5.27. The van der Waals surface area contributed by atoms with Gasteiger partial charge in [0.25, 0.3) is 0 Å². The molecule has 0 radical (unpaired) electrons. The zero-order chi connectivity index (χ0) is 17.5. The van der Waals surface area contributed by atoms with Crippen molar-refractivity contribution >= 4 is 23.3 Å². The second-order valence-corrected chi connectivity index (χ2v) is 7.97. The van der Waals surface area contributed by atoms with Gasteiger partial charge in [-0.3, -0.25) is 4.99 Å². The number of guanidine groups is 1. The first-order valence-corrected chi connectivity index (χ1v) is 10.3. The van der Waals surface area contributed by atoms with Crippen molar-refractivity contribution in [1.82, 2.24) is 10.2 Å². The molecule has 3 rings (SSSR count). The summed E-state index contributed by atoms with van der Waals surface area (Å²) in [6.07, 6.45) is 7.83. The number of ether oxygens (including phenoxy) is 1. The largest absolute Gasteiger partial charge is 0.381 e. The zero-order valence-corrected chi connectivity index (χ0v) is 16.1. The quantitative estimate of drug-likeness (QED) is 0.661. The number of hydrogen-bond acceptors (Lipinski definition) is 3. The summed E-state index contributed by atoms with van der Waals surface area (Å²) in [5.41, 5.74) is 2.78. The Balaban J connectivity index is 1.58. The number of hydrogen-bond donors (Lipinski definition) is 1. The van der Waals surface area contributed by atoms with E-state index < -0.39 is 0 Å². The number of aliphatic imine (C=N–C) groups is 1. The third-order valence-corrected chi connectivity index (χ3v) is 6.69. The van der Waals surface area contributed by atoms with Crippen molar-refractivity contribution in [3.8, 4) is 0 Å². The first-order valence-electron chi connectivity index (χ1n) is 9.09. The topological polar surface area (TPSA) is 36.9 Å². The van der Waals surface area contributed by atoms with Crippen LogP contribution in [0.25, 0.3) is 5.57 Å². The predicted octanol–water partition coefficient (Wildman–Crippen LogP) is 3.26. The van der Waals surface area contributed by atoms with E-state index in [0.717, 1.165) is 58.1 Å². The average Bonchev–Trinajstić information content (AvgIpc) is 2.70. The van der Waals surface area contributed by atoms with E-state index in [-0.39, 0.29) is 4.75 Å². The van der Waals surface area contributed by atoms with Crippen LogP contribution in [0, 0.1) is 0 Å². The normalized spacial score (nSPS) is 21.0. The van der Waals surface area contributed by atoms with Crippen molar-refractivity contribution in [2.24, 2.45) is 4.99 Å². The molecule has 1 fully saturated rings. The van der Waals surface area contributed by atoms with Gasteiger partial charge in [0.1, 0.15) is 0 Å². The van der Waals surface area contributed by atoms with E-state index in [9.17, 15) is 0 Å². The van der Waals surface area contributed by atoms with Crippen LogP contribution in [0.3, 0.4) is 0 Å². The van der Waals surface area contributed by atoms with E-state index in [1.165, 1.54) is 11.1 Å². The Bertz CT molecular complexity index is 609. The first kappa shape index (κ1) is 18.3. The van der Waals surface area contributed by atoms with Crippen LogP contribution in [0.5, 0.6) is 0 Å². The van der Waals surface area contributed by atoms with Crippen molar-refractivity contribution in [3.05, 3.63) is 42.0 Å². The molecular weight excluding hydrogens is 330 g/mol. The summed E-state index contributed by atoms with van der Waals surface area (Å²) in [5, 5.41) is 3.63. The lowest BCUT2D eigenvalue weighted by Gasteiger charge is -2.37. The molecular formula is C20H29N3OS. The lowest BCUT2D eigenvalue weighted by molar-refractivity contribution is 0.0781. The van der Waals surface area contributed by atoms with Crippen LogP contribution in [0.15, 0.2) is 41.4 Å². The molecule has 5 heteroatoms. The SMILES string of the molecule is CN=C(NCC1(SC)CCOCC1)N1CC=C(c2ccccc2)CC1. The van der Waals surface area contributed by atoms with E-state index in [1.54, 1.807) is 0 Å². The minimum absolute atomic E-state index is 0.273. The average molecular weight is 360 g/mol. The van der Waals surface area contributed by atoms with Gasteiger partial charge in [0, 0.05) is 44.6 Å². The molecule has 4 nitrogen and oxygen atoms in total. The molecule has 0 bridgehead atoms. The van der Waals surface area contributed by atoms with E-state index in [2.05, 4.69) is 57.9 Å². The number of benzene rings is 1. The second-order valence-electron chi connectivity index (χ2n) is 6.69. The number of nitrogens with zero attached hydrogens (tertiary/aromatic N) is 2. The molecule has 136 valence electrons. The predicted molar refractivity (Wildman–Crippen MR) is 108 cm³/mol. The highest BCUT2D eigenvalue weighted by molar-refractivity contribution is 8.00. The number of rotatable bonds is 4. The Kier molecular flexibility index (Phi) is 6.43. The van der Waals surface area contributed by atoms with E-state index >= 15 is 0 Å². The van der Waals surface area contributed by atoms with Crippen LogP contribution < -0.4 is 5.32 Å². The van der Waals surface area contributed by atoms with Gasteiger partial charge in [0.2, 0.25) is 0 Å². The summed E-state index contributed by atoms with van der Waals surface area (Å²) in [6.45, 7) is 4.62. The van der Waals surface area contributed by atoms with Gasteiger partial charge >= 0.3 is 0 Å². The van der Waals surface area contributed by atoms with Gasteiger partial charge in [-0.25, -0.2) is 0 Å². The third kappa shape index (κ3) is 4.59. The van der Waals surface area contributed by atoms with Gasteiger partial charge in [0.15, 0.2) is 5.96 Å². The molecule has 1 N–H and O–H groups in total. The lowest BCUT2D eigenvalue weighted by atomic mass is 9.98. The lowest BCUT2D eigenvalue weighted by Crippen LogP contribution is -2.50. The summed E-state index contributed by atoms with van der Waals surface area (Å²) in [7, 11) is 1.88. The molecule has 1 saturated heterocycles. The van der Waals surface area contributed by atoms with Gasteiger partial charge < -0.3 is 15.0 Å². The fraction of sp³-hybridized carbons (Fsp3) is 0.550. The highest BCUT2D eigenvalue weighted by atomic mass is 32.2. The van der Waals surface area contributed by atoms with Crippen LogP contribution in [-0.4, -0.2) is 61.8 Å². The van der Waals surface area contributed by atoms with Crippen LogP contribution in [0.4, 0.5) is 0 Å². The van der Waals surface area contributed by atoms with Crippen molar-refractivity contribution in [1.29, 1.82) is 0 Å². The Morgan fingerprint density at radius 1 is 1.28 bits per heavy atom.